The van der Waals surface area contributed by atoms with Crippen LogP contribution in [0, 0.1) is 17.3 Å². The van der Waals surface area contributed by atoms with E-state index in [2.05, 4.69) is 37.9 Å². The van der Waals surface area contributed by atoms with E-state index in [0.717, 1.165) is 44.2 Å². The van der Waals surface area contributed by atoms with Crippen LogP contribution in [0.4, 0.5) is 0 Å². The zero-order chi connectivity index (χ0) is 15.3. The smallest absolute Gasteiger partial charge is 0.0472 e. The van der Waals surface area contributed by atoms with Crippen molar-refractivity contribution in [2.24, 2.45) is 17.3 Å². The molecule has 2 heterocycles. The van der Waals surface area contributed by atoms with Gasteiger partial charge >= 0.3 is 0 Å². The molecule has 124 valence electrons. The third-order valence-corrected chi connectivity index (χ3v) is 5.74. The largest absolute Gasteiger partial charge is 0.381 e. The van der Waals surface area contributed by atoms with E-state index in [0.29, 0.717) is 5.41 Å². The van der Waals surface area contributed by atoms with Crippen LogP contribution in [0.2, 0.25) is 0 Å². The summed E-state index contributed by atoms with van der Waals surface area (Å²) in [6.45, 7) is 16.3. The molecule has 3 nitrogen and oxygen atoms in total. The summed E-state index contributed by atoms with van der Waals surface area (Å²) in [4.78, 5) is 2.78. The number of nitrogens with zero attached hydrogens (tertiary/aromatic N) is 1. The van der Waals surface area contributed by atoms with Gasteiger partial charge in [0, 0.05) is 38.9 Å². The fourth-order valence-electron chi connectivity index (χ4n) is 4.20. The van der Waals surface area contributed by atoms with E-state index in [1.165, 1.54) is 38.8 Å². The molecule has 21 heavy (non-hydrogen) atoms. The van der Waals surface area contributed by atoms with Crippen LogP contribution in [0.1, 0.15) is 53.4 Å². The van der Waals surface area contributed by atoms with E-state index in [-0.39, 0.29) is 0 Å². The lowest BCUT2D eigenvalue weighted by atomic mass is 9.77. The van der Waals surface area contributed by atoms with Crippen molar-refractivity contribution in [2.45, 2.75) is 59.4 Å². The van der Waals surface area contributed by atoms with Crippen LogP contribution in [-0.2, 0) is 4.74 Å². The summed E-state index contributed by atoms with van der Waals surface area (Å²) in [5, 5.41) is 3.69. The molecule has 0 aromatic heterocycles. The topological polar surface area (TPSA) is 24.5 Å². The average Bonchev–Trinajstić information content (AvgIpc) is 2.45. The van der Waals surface area contributed by atoms with Gasteiger partial charge in [-0.05, 0) is 56.4 Å². The van der Waals surface area contributed by atoms with Gasteiger partial charge in [0.1, 0.15) is 0 Å². The number of ether oxygens (including phenoxy) is 1. The fraction of sp³-hybridized carbons (Fsp3) is 1.00. The minimum atomic E-state index is 0.429. The van der Waals surface area contributed by atoms with Gasteiger partial charge in [0.05, 0.1) is 0 Å². The Morgan fingerprint density at radius 2 is 1.90 bits per heavy atom. The maximum atomic E-state index is 5.64. The van der Waals surface area contributed by atoms with Crippen molar-refractivity contribution in [3.8, 4) is 0 Å². The van der Waals surface area contributed by atoms with Crippen LogP contribution in [0.3, 0.4) is 0 Å². The quantitative estimate of drug-likeness (QED) is 0.762. The molecule has 2 saturated heterocycles. The van der Waals surface area contributed by atoms with Gasteiger partial charge in [-0.25, -0.2) is 0 Å². The molecule has 1 N–H and O–H groups in total. The van der Waals surface area contributed by atoms with E-state index in [9.17, 15) is 0 Å². The molecular weight excluding hydrogens is 260 g/mol. The Balaban J connectivity index is 1.99. The summed E-state index contributed by atoms with van der Waals surface area (Å²) >= 11 is 0. The monoisotopic (exact) mass is 296 g/mol. The summed E-state index contributed by atoms with van der Waals surface area (Å²) in [7, 11) is 0. The third-order valence-electron chi connectivity index (χ3n) is 5.74. The van der Waals surface area contributed by atoms with Gasteiger partial charge in [0.2, 0.25) is 0 Å². The molecule has 3 heteroatoms. The van der Waals surface area contributed by atoms with Crippen molar-refractivity contribution in [3.63, 3.8) is 0 Å². The number of piperidine rings is 1. The lowest BCUT2D eigenvalue weighted by Crippen LogP contribution is -2.54. The van der Waals surface area contributed by atoms with Crippen molar-refractivity contribution in [1.29, 1.82) is 0 Å². The molecule has 0 amide bonds. The Labute approximate surface area is 131 Å². The highest BCUT2D eigenvalue weighted by molar-refractivity contribution is 4.91. The van der Waals surface area contributed by atoms with Crippen LogP contribution >= 0.6 is 0 Å². The third kappa shape index (κ3) is 4.67. The van der Waals surface area contributed by atoms with Crippen molar-refractivity contribution < 1.29 is 4.74 Å². The van der Waals surface area contributed by atoms with E-state index >= 15 is 0 Å². The van der Waals surface area contributed by atoms with E-state index in [4.69, 9.17) is 4.74 Å². The minimum absolute atomic E-state index is 0.429. The van der Waals surface area contributed by atoms with Crippen LogP contribution < -0.4 is 5.32 Å². The highest BCUT2D eigenvalue weighted by Gasteiger charge is 2.38. The molecule has 0 spiro atoms. The van der Waals surface area contributed by atoms with Crippen LogP contribution in [0.5, 0.6) is 0 Å². The van der Waals surface area contributed by atoms with E-state index < -0.39 is 0 Å². The van der Waals surface area contributed by atoms with Crippen molar-refractivity contribution in [1.82, 2.24) is 10.2 Å². The second-order valence-corrected chi connectivity index (χ2v) is 7.78. The maximum absolute atomic E-state index is 5.64. The van der Waals surface area contributed by atoms with Gasteiger partial charge in [0.15, 0.2) is 0 Å². The van der Waals surface area contributed by atoms with Gasteiger partial charge in [-0.1, -0.05) is 20.8 Å². The van der Waals surface area contributed by atoms with E-state index in [1.807, 2.05) is 0 Å². The number of nitrogens with one attached hydrogen (secondary N) is 1. The first-order chi connectivity index (χ1) is 10.1. The summed E-state index contributed by atoms with van der Waals surface area (Å²) in [6, 6.07) is 0.729. The summed E-state index contributed by atoms with van der Waals surface area (Å²) in [5.74, 6) is 1.67. The number of likely N-dealkylation sites (tertiary alicyclic amines) is 1. The number of hydrogen-bond acceptors (Lipinski definition) is 3. The molecule has 0 radical (unpaired) electrons. The van der Waals surface area contributed by atoms with E-state index in [1.54, 1.807) is 0 Å². The standard InChI is InChI=1S/C18H36N2O/c1-5-8-19-13-18(6-9-21-10-7-18)14-20-12-15(2)11-16(3)17(20)4/h15-17,19H,5-14H2,1-4H3. The fourth-order valence-corrected chi connectivity index (χ4v) is 4.20. The van der Waals surface area contributed by atoms with Gasteiger partial charge in [0.25, 0.3) is 0 Å². The Bertz CT molecular complexity index is 302. The zero-order valence-corrected chi connectivity index (χ0v) is 14.7. The lowest BCUT2D eigenvalue weighted by Gasteiger charge is -2.47. The first kappa shape index (κ1) is 17.2. The molecule has 2 fully saturated rings. The molecule has 2 rings (SSSR count). The first-order valence-electron chi connectivity index (χ1n) is 9.09. The first-order valence-corrected chi connectivity index (χ1v) is 9.09. The Morgan fingerprint density at radius 3 is 2.57 bits per heavy atom. The molecule has 2 aliphatic rings. The molecule has 0 aliphatic carbocycles. The molecule has 0 bridgehead atoms. The molecule has 3 unspecified atom stereocenters. The molecule has 2 aliphatic heterocycles. The summed E-state index contributed by atoms with van der Waals surface area (Å²) in [5.41, 5.74) is 0.429. The SMILES string of the molecule is CCCNCC1(CN2CC(C)CC(C)C2C)CCOCC1. The predicted octanol–water partition coefficient (Wildman–Crippen LogP) is 3.15. The van der Waals surface area contributed by atoms with Crippen molar-refractivity contribution in [3.05, 3.63) is 0 Å². The highest BCUT2D eigenvalue weighted by Crippen LogP contribution is 2.35. The average molecular weight is 296 g/mol. The molecule has 0 aromatic carbocycles. The minimum Gasteiger partial charge on any atom is -0.381 e. The van der Waals surface area contributed by atoms with Crippen LogP contribution in [-0.4, -0.2) is 50.3 Å². The van der Waals surface area contributed by atoms with Gasteiger partial charge in [-0.3, -0.25) is 4.90 Å². The Hall–Kier alpha value is -0.120. The number of rotatable bonds is 6. The van der Waals surface area contributed by atoms with Crippen LogP contribution in [0.15, 0.2) is 0 Å². The van der Waals surface area contributed by atoms with Gasteiger partial charge < -0.3 is 10.1 Å². The Kier molecular flexibility index (Phi) is 6.51. The second-order valence-electron chi connectivity index (χ2n) is 7.78. The predicted molar refractivity (Wildman–Crippen MR) is 89.6 cm³/mol. The number of hydrogen-bond donors (Lipinski definition) is 1. The molecular formula is C18H36N2O. The normalized spacial score (nSPS) is 34.0. The highest BCUT2D eigenvalue weighted by atomic mass is 16.5. The maximum Gasteiger partial charge on any atom is 0.0472 e. The zero-order valence-electron chi connectivity index (χ0n) is 14.7. The molecule has 0 aromatic rings. The molecule has 0 saturated carbocycles. The Morgan fingerprint density at radius 1 is 1.19 bits per heavy atom. The summed E-state index contributed by atoms with van der Waals surface area (Å²) < 4.78 is 5.64. The van der Waals surface area contributed by atoms with Gasteiger partial charge in [-0.15, -0.1) is 0 Å². The molecule has 3 atom stereocenters. The van der Waals surface area contributed by atoms with Gasteiger partial charge in [-0.2, -0.15) is 0 Å². The van der Waals surface area contributed by atoms with Crippen LogP contribution in [0.25, 0.3) is 0 Å². The lowest BCUT2D eigenvalue weighted by molar-refractivity contribution is -0.0287. The summed E-state index contributed by atoms with van der Waals surface area (Å²) in [6.07, 6.45) is 5.05. The van der Waals surface area contributed by atoms with Crippen molar-refractivity contribution >= 4 is 0 Å². The second kappa shape index (κ2) is 7.94. The van der Waals surface area contributed by atoms with Crippen molar-refractivity contribution in [2.75, 3.05) is 39.4 Å².